The van der Waals surface area contributed by atoms with Gasteiger partial charge in [0.05, 0.1) is 4.92 Å². The third-order valence-corrected chi connectivity index (χ3v) is 4.08. The summed E-state index contributed by atoms with van der Waals surface area (Å²) in [5.41, 5.74) is 5.89. The lowest BCUT2D eigenvalue weighted by Crippen LogP contribution is -2.31. The molecule has 0 bridgehead atoms. The average Bonchev–Trinajstić information content (AvgIpc) is 3.06. The standard InChI is InChI=1S/C18H16FN5O3/c1-23-9-8-21-17(23)16(11-2-5-13(19)6-3-11)22-18(25)12-4-7-14(20)15(10-12)24(26)27/h2-10,16H,20H2,1H3,(H,22,25). The van der Waals surface area contributed by atoms with Crippen LogP contribution >= 0.6 is 0 Å². The number of nitrogen functional groups attached to an aromatic ring is 1. The summed E-state index contributed by atoms with van der Waals surface area (Å²) in [6.45, 7) is 0. The van der Waals surface area contributed by atoms with Gasteiger partial charge in [-0.1, -0.05) is 12.1 Å². The molecule has 0 fully saturated rings. The molecule has 0 spiro atoms. The number of carbonyl (C=O) groups excluding carboxylic acids is 1. The maximum Gasteiger partial charge on any atom is 0.292 e. The van der Waals surface area contributed by atoms with Crippen molar-refractivity contribution < 1.29 is 14.1 Å². The molecule has 1 amide bonds. The number of amides is 1. The van der Waals surface area contributed by atoms with E-state index in [0.717, 1.165) is 6.07 Å². The van der Waals surface area contributed by atoms with Crippen LogP contribution in [0.3, 0.4) is 0 Å². The fourth-order valence-electron chi connectivity index (χ4n) is 2.66. The zero-order valence-electron chi connectivity index (χ0n) is 14.3. The molecule has 2 aromatic carbocycles. The smallest absolute Gasteiger partial charge is 0.292 e. The van der Waals surface area contributed by atoms with Gasteiger partial charge in [0, 0.05) is 31.1 Å². The number of aryl methyl sites for hydroxylation is 1. The molecule has 1 atom stereocenters. The first-order valence-corrected chi connectivity index (χ1v) is 7.94. The van der Waals surface area contributed by atoms with E-state index in [9.17, 15) is 19.3 Å². The fraction of sp³-hybridized carbons (Fsp3) is 0.111. The lowest BCUT2D eigenvalue weighted by Gasteiger charge is -2.19. The van der Waals surface area contributed by atoms with Gasteiger partial charge in [-0.3, -0.25) is 14.9 Å². The van der Waals surface area contributed by atoms with Gasteiger partial charge in [-0.2, -0.15) is 0 Å². The molecule has 3 N–H and O–H groups in total. The monoisotopic (exact) mass is 369 g/mol. The zero-order chi connectivity index (χ0) is 19.6. The molecule has 3 aromatic rings. The highest BCUT2D eigenvalue weighted by atomic mass is 19.1. The Morgan fingerprint density at radius 3 is 2.59 bits per heavy atom. The second-order valence-electron chi connectivity index (χ2n) is 5.89. The summed E-state index contributed by atoms with van der Waals surface area (Å²) in [7, 11) is 1.76. The Morgan fingerprint density at radius 1 is 1.30 bits per heavy atom. The maximum atomic E-state index is 13.3. The quantitative estimate of drug-likeness (QED) is 0.407. The Labute approximate surface area is 153 Å². The van der Waals surface area contributed by atoms with E-state index in [2.05, 4.69) is 10.3 Å². The Hall–Kier alpha value is -3.75. The van der Waals surface area contributed by atoms with E-state index in [0.29, 0.717) is 11.4 Å². The van der Waals surface area contributed by atoms with E-state index < -0.39 is 22.7 Å². The number of nitrogens with one attached hydrogen (secondary N) is 1. The minimum Gasteiger partial charge on any atom is -0.393 e. The molecule has 1 heterocycles. The summed E-state index contributed by atoms with van der Waals surface area (Å²) in [4.78, 5) is 27.3. The molecule has 0 radical (unpaired) electrons. The number of rotatable bonds is 5. The number of hydrogen-bond donors (Lipinski definition) is 2. The summed E-state index contributed by atoms with van der Waals surface area (Å²) < 4.78 is 15.0. The van der Waals surface area contributed by atoms with Crippen molar-refractivity contribution in [2.75, 3.05) is 5.73 Å². The molecule has 1 unspecified atom stereocenters. The molecular weight excluding hydrogens is 353 g/mol. The summed E-state index contributed by atoms with van der Waals surface area (Å²) >= 11 is 0. The normalized spacial score (nSPS) is 11.8. The van der Waals surface area contributed by atoms with Crippen molar-refractivity contribution in [3.8, 4) is 0 Å². The molecule has 0 saturated carbocycles. The largest absolute Gasteiger partial charge is 0.393 e. The van der Waals surface area contributed by atoms with Crippen LogP contribution in [0.4, 0.5) is 15.8 Å². The van der Waals surface area contributed by atoms with Gasteiger partial charge in [-0.05, 0) is 29.8 Å². The van der Waals surface area contributed by atoms with Crippen LogP contribution in [0, 0.1) is 15.9 Å². The van der Waals surface area contributed by atoms with Crippen LogP contribution < -0.4 is 11.1 Å². The number of benzene rings is 2. The first-order valence-electron chi connectivity index (χ1n) is 7.94. The topological polar surface area (TPSA) is 116 Å². The highest BCUT2D eigenvalue weighted by Crippen LogP contribution is 2.25. The Balaban J connectivity index is 1.96. The number of halogens is 1. The molecule has 3 rings (SSSR count). The molecular formula is C18H16FN5O3. The molecule has 138 valence electrons. The van der Waals surface area contributed by atoms with Crippen LogP contribution in [0.15, 0.2) is 54.9 Å². The van der Waals surface area contributed by atoms with Gasteiger partial charge in [0.2, 0.25) is 0 Å². The van der Waals surface area contributed by atoms with Gasteiger partial charge < -0.3 is 15.6 Å². The van der Waals surface area contributed by atoms with Crippen LogP contribution in [-0.2, 0) is 7.05 Å². The number of nitro groups is 1. The molecule has 8 nitrogen and oxygen atoms in total. The lowest BCUT2D eigenvalue weighted by molar-refractivity contribution is -0.383. The number of hydrogen-bond acceptors (Lipinski definition) is 5. The molecule has 27 heavy (non-hydrogen) atoms. The van der Waals surface area contributed by atoms with E-state index in [4.69, 9.17) is 5.73 Å². The van der Waals surface area contributed by atoms with Gasteiger partial charge in [0.15, 0.2) is 0 Å². The Morgan fingerprint density at radius 2 is 2.00 bits per heavy atom. The van der Waals surface area contributed by atoms with Crippen molar-refractivity contribution in [2.45, 2.75) is 6.04 Å². The van der Waals surface area contributed by atoms with Gasteiger partial charge >= 0.3 is 0 Å². The highest BCUT2D eigenvalue weighted by Gasteiger charge is 2.23. The van der Waals surface area contributed by atoms with Crippen LogP contribution in [0.2, 0.25) is 0 Å². The number of imidazole rings is 1. The predicted molar refractivity (Wildman–Crippen MR) is 96.4 cm³/mol. The van der Waals surface area contributed by atoms with E-state index in [1.165, 1.54) is 24.3 Å². The molecule has 1 aromatic heterocycles. The lowest BCUT2D eigenvalue weighted by atomic mass is 10.0. The van der Waals surface area contributed by atoms with E-state index in [1.807, 2.05) is 0 Å². The number of nitrogens with zero attached hydrogens (tertiary/aromatic N) is 3. The maximum absolute atomic E-state index is 13.3. The van der Waals surface area contributed by atoms with Crippen LogP contribution in [0.5, 0.6) is 0 Å². The fourth-order valence-corrected chi connectivity index (χ4v) is 2.66. The second-order valence-corrected chi connectivity index (χ2v) is 5.89. The number of carbonyl (C=O) groups is 1. The molecule has 0 aliphatic rings. The third kappa shape index (κ3) is 3.76. The molecule has 0 saturated heterocycles. The summed E-state index contributed by atoms with van der Waals surface area (Å²) in [6.07, 6.45) is 3.29. The summed E-state index contributed by atoms with van der Waals surface area (Å²) in [6, 6.07) is 8.80. The number of aromatic nitrogens is 2. The zero-order valence-corrected chi connectivity index (χ0v) is 14.3. The van der Waals surface area contributed by atoms with Crippen molar-refractivity contribution in [2.24, 2.45) is 7.05 Å². The van der Waals surface area contributed by atoms with E-state index in [-0.39, 0.29) is 16.9 Å². The number of nitro benzene ring substituents is 1. The van der Waals surface area contributed by atoms with Crippen LogP contribution in [0.1, 0.15) is 27.8 Å². The van der Waals surface area contributed by atoms with E-state index >= 15 is 0 Å². The van der Waals surface area contributed by atoms with Crippen molar-refractivity contribution in [3.05, 3.63) is 87.7 Å². The minimum absolute atomic E-state index is 0.0317. The number of nitrogens with two attached hydrogens (primary N) is 1. The average molecular weight is 369 g/mol. The molecule has 9 heteroatoms. The predicted octanol–water partition coefficient (Wildman–Crippen LogP) is 2.57. The van der Waals surface area contributed by atoms with Gasteiger partial charge in [0.25, 0.3) is 11.6 Å². The second kappa shape index (κ2) is 7.24. The third-order valence-electron chi connectivity index (χ3n) is 4.08. The van der Waals surface area contributed by atoms with Crippen molar-refractivity contribution in [1.82, 2.24) is 14.9 Å². The summed E-state index contributed by atoms with van der Waals surface area (Å²) in [5, 5.41) is 13.8. The minimum atomic E-state index is -0.672. The van der Waals surface area contributed by atoms with Gasteiger partial charge in [0.1, 0.15) is 23.4 Å². The van der Waals surface area contributed by atoms with Crippen LogP contribution in [-0.4, -0.2) is 20.4 Å². The van der Waals surface area contributed by atoms with Crippen LogP contribution in [0.25, 0.3) is 0 Å². The Kier molecular flexibility index (Phi) is 4.84. The summed E-state index contributed by atoms with van der Waals surface area (Å²) in [5.74, 6) is -0.423. The van der Waals surface area contributed by atoms with Gasteiger partial charge in [-0.25, -0.2) is 9.37 Å². The van der Waals surface area contributed by atoms with Gasteiger partial charge in [-0.15, -0.1) is 0 Å². The molecule has 0 aliphatic carbocycles. The highest BCUT2D eigenvalue weighted by molar-refractivity contribution is 5.96. The molecule has 0 aliphatic heterocycles. The first kappa shape index (κ1) is 18.1. The SMILES string of the molecule is Cn1ccnc1C(NC(=O)c1ccc(N)c([N+](=O)[O-])c1)c1ccc(F)cc1. The first-order chi connectivity index (χ1) is 12.9. The number of anilines is 1. The van der Waals surface area contributed by atoms with Crippen molar-refractivity contribution in [3.63, 3.8) is 0 Å². The van der Waals surface area contributed by atoms with Crippen molar-refractivity contribution in [1.29, 1.82) is 0 Å². The van der Waals surface area contributed by atoms with Crippen molar-refractivity contribution >= 4 is 17.3 Å². The Bertz CT molecular complexity index is 1000. The van der Waals surface area contributed by atoms with E-state index in [1.54, 1.807) is 36.1 Å².